The van der Waals surface area contributed by atoms with Crippen LogP contribution >= 0.6 is 0 Å². The molecule has 2 heteroatoms. The maximum absolute atomic E-state index is 12.2. The molecule has 0 N–H and O–H groups in total. The van der Waals surface area contributed by atoms with Crippen molar-refractivity contribution in [3.63, 3.8) is 0 Å². The van der Waals surface area contributed by atoms with Gasteiger partial charge in [0, 0.05) is 19.5 Å². The zero-order valence-electron chi connectivity index (χ0n) is 12.1. The van der Waals surface area contributed by atoms with E-state index in [1.165, 1.54) is 44.9 Å². The number of hydrogen-bond acceptors (Lipinski definition) is 1. The SMILES string of the molecule is O=C(CCC1CCCCC1)N1CCC(=C2CC2)CC1. The quantitative estimate of drug-likeness (QED) is 0.702. The number of carbonyl (C=O) groups is 1. The van der Waals surface area contributed by atoms with Crippen LogP contribution in [-0.2, 0) is 4.79 Å². The van der Waals surface area contributed by atoms with Crippen LogP contribution in [0.4, 0.5) is 0 Å². The highest BCUT2D eigenvalue weighted by molar-refractivity contribution is 5.76. The molecule has 3 fully saturated rings. The minimum absolute atomic E-state index is 0.422. The molecule has 0 spiro atoms. The first-order chi connectivity index (χ1) is 9.33. The minimum Gasteiger partial charge on any atom is -0.342 e. The van der Waals surface area contributed by atoms with Crippen LogP contribution in [0.25, 0.3) is 0 Å². The van der Waals surface area contributed by atoms with E-state index in [0.29, 0.717) is 5.91 Å². The third-order valence-corrected chi connectivity index (χ3v) is 5.21. The monoisotopic (exact) mass is 261 g/mol. The zero-order valence-corrected chi connectivity index (χ0v) is 12.1. The Bertz CT molecular complexity index is 349. The average Bonchev–Trinajstić information content (AvgIpc) is 3.31. The molecule has 1 aliphatic heterocycles. The topological polar surface area (TPSA) is 20.3 Å². The summed E-state index contributed by atoms with van der Waals surface area (Å²) in [6.45, 7) is 1.98. The Morgan fingerprint density at radius 2 is 1.58 bits per heavy atom. The fourth-order valence-electron chi connectivity index (χ4n) is 3.76. The van der Waals surface area contributed by atoms with Crippen molar-refractivity contribution >= 4 is 5.91 Å². The molecule has 1 saturated heterocycles. The van der Waals surface area contributed by atoms with Crippen LogP contribution in [0.15, 0.2) is 11.1 Å². The standard InChI is InChI=1S/C17H27NO/c19-17(9-6-14-4-2-1-3-5-14)18-12-10-16(11-13-18)15-7-8-15/h14H,1-13H2. The number of nitrogens with zero attached hydrogens (tertiary/aromatic N) is 1. The Balaban J connectivity index is 1.39. The summed E-state index contributed by atoms with van der Waals surface area (Å²) in [5.74, 6) is 1.26. The lowest BCUT2D eigenvalue weighted by Crippen LogP contribution is -2.36. The first kappa shape index (κ1) is 13.2. The van der Waals surface area contributed by atoms with E-state index in [-0.39, 0.29) is 0 Å². The van der Waals surface area contributed by atoms with Crippen LogP contribution in [0.2, 0.25) is 0 Å². The second-order valence-electron chi connectivity index (χ2n) is 6.63. The van der Waals surface area contributed by atoms with Gasteiger partial charge < -0.3 is 4.90 Å². The first-order valence-electron chi connectivity index (χ1n) is 8.30. The van der Waals surface area contributed by atoms with Crippen LogP contribution in [0.5, 0.6) is 0 Å². The lowest BCUT2D eigenvalue weighted by atomic mass is 9.86. The predicted octanol–water partition coefficient (Wildman–Crippen LogP) is 4.06. The van der Waals surface area contributed by atoms with Gasteiger partial charge in [0.05, 0.1) is 0 Å². The highest BCUT2D eigenvalue weighted by Crippen LogP contribution is 2.36. The summed E-state index contributed by atoms with van der Waals surface area (Å²) in [7, 11) is 0. The van der Waals surface area contributed by atoms with E-state index < -0.39 is 0 Å². The second-order valence-corrected chi connectivity index (χ2v) is 6.63. The van der Waals surface area contributed by atoms with Gasteiger partial charge in [-0.2, -0.15) is 0 Å². The number of likely N-dealkylation sites (tertiary alicyclic amines) is 1. The van der Waals surface area contributed by atoms with Crippen LogP contribution in [-0.4, -0.2) is 23.9 Å². The molecule has 1 heterocycles. The van der Waals surface area contributed by atoms with Crippen molar-refractivity contribution in [2.75, 3.05) is 13.1 Å². The molecule has 0 unspecified atom stereocenters. The summed E-state index contributed by atoms with van der Waals surface area (Å²) >= 11 is 0. The van der Waals surface area contributed by atoms with Crippen LogP contribution < -0.4 is 0 Å². The molecule has 0 aromatic carbocycles. The molecule has 1 amide bonds. The summed E-state index contributed by atoms with van der Waals surface area (Å²) in [4.78, 5) is 14.4. The molecular weight excluding hydrogens is 234 g/mol. The van der Waals surface area contributed by atoms with Crippen molar-refractivity contribution in [1.82, 2.24) is 4.90 Å². The fourth-order valence-corrected chi connectivity index (χ4v) is 3.76. The number of carbonyl (C=O) groups excluding carboxylic acids is 1. The zero-order chi connectivity index (χ0) is 13.1. The molecule has 2 saturated carbocycles. The highest BCUT2D eigenvalue weighted by Gasteiger charge is 2.24. The maximum atomic E-state index is 12.2. The van der Waals surface area contributed by atoms with Gasteiger partial charge in [0.15, 0.2) is 0 Å². The lowest BCUT2D eigenvalue weighted by molar-refractivity contribution is -0.132. The number of piperidine rings is 1. The second kappa shape index (κ2) is 6.11. The van der Waals surface area contributed by atoms with Gasteiger partial charge in [-0.3, -0.25) is 4.79 Å². The van der Waals surface area contributed by atoms with Gasteiger partial charge in [-0.15, -0.1) is 0 Å². The van der Waals surface area contributed by atoms with E-state index in [2.05, 4.69) is 4.90 Å². The molecular formula is C17H27NO. The van der Waals surface area contributed by atoms with Crippen molar-refractivity contribution in [1.29, 1.82) is 0 Å². The van der Waals surface area contributed by atoms with E-state index in [9.17, 15) is 4.79 Å². The van der Waals surface area contributed by atoms with Crippen molar-refractivity contribution in [3.8, 4) is 0 Å². The van der Waals surface area contributed by atoms with Gasteiger partial charge in [-0.25, -0.2) is 0 Å². The van der Waals surface area contributed by atoms with Gasteiger partial charge in [0.25, 0.3) is 0 Å². The van der Waals surface area contributed by atoms with Gasteiger partial charge in [0.1, 0.15) is 0 Å². The molecule has 19 heavy (non-hydrogen) atoms. The maximum Gasteiger partial charge on any atom is 0.222 e. The molecule has 0 aromatic heterocycles. The molecule has 3 aliphatic rings. The number of allylic oxidation sites excluding steroid dienone is 1. The van der Waals surface area contributed by atoms with Crippen LogP contribution in [0, 0.1) is 5.92 Å². The summed E-state index contributed by atoms with van der Waals surface area (Å²) in [6, 6.07) is 0. The predicted molar refractivity (Wildman–Crippen MR) is 77.9 cm³/mol. The van der Waals surface area contributed by atoms with Crippen LogP contribution in [0.3, 0.4) is 0 Å². The van der Waals surface area contributed by atoms with E-state index in [1.807, 2.05) is 0 Å². The van der Waals surface area contributed by atoms with E-state index in [4.69, 9.17) is 0 Å². The Kier molecular flexibility index (Phi) is 4.24. The Morgan fingerprint density at radius 1 is 0.947 bits per heavy atom. The molecule has 106 valence electrons. The van der Waals surface area contributed by atoms with Crippen molar-refractivity contribution in [2.24, 2.45) is 5.92 Å². The summed E-state index contributed by atoms with van der Waals surface area (Å²) in [5.41, 5.74) is 3.38. The van der Waals surface area contributed by atoms with Crippen LogP contribution in [0.1, 0.15) is 70.6 Å². The van der Waals surface area contributed by atoms with Gasteiger partial charge in [-0.05, 0) is 38.0 Å². The molecule has 0 bridgehead atoms. The summed E-state index contributed by atoms with van der Waals surface area (Å²) in [6.07, 6.45) is 13.9. The number of rotatable bonds is 3. The molecule has 0 radical (unpaired) electrons. The van der Waals surface area contributed by atoms with E-state index in [1.54, 1.807) is 11.1 Å². The van der Waals surface area contributed by atoms with Gasteiger partial charge >= 0.3 is 0 Å². The minimum atomic E-state index is 0.422. The van der Waals surface area contributed by atoms with Gasteiger partial charge in [0.2, 0.25) is 5.91 Å². The molecule has 2 aliphatic carbocycles. The third-order valence-electron chi connectivity index (χ3n) is 5.21. The first-order valence-corrected chi connectivity index (χ1v) is 8.30. The Morgan fingerprint density at radius 3 is 2.21 bits per heavy atom. The largest absolute Gasteiger partial charge is 0.342 e. The molecule has 3 rings (SSSR count). The van der Waals surface area contributed by atoms with Crippen molar-refractivity contribution in [2.45, 2.75) is 70.6 Å². The van der Waals surface area contributed by atoms with Crippen molar-refractivity contribution < 1.29 is 4.79 Å². The third kappa shape index (κ3) is 3.61. The molecule has 2 nitrogen and oxygen atoms in total. The molecule has 0 aromatic rings. The Hall–Kier alpha value is -0.790. The number of hydrogen-bond donors (Lipinski definition) is 0. The highest BCUT2D eigenvalue weighted by atomic mass is 16.2. The number of amides is 1. The molecule has 0 atom stereocenters. The normalized spacial score (nSPS) is 24.7. The lowest BCUT2D eigenvalue weighted by Gasteiger charge is -2.29. The van der Waals surface area contributed by atoms with Crippen molar-refractivity contribution in [3.05, 3.63) is 11.1 Å². The fraction of sp³-hybridized carbons (Fsp3) is 0.824. The summed E-state index contributed by atoms with van der Waals surface area (Å²) in [5, 5.41) is 0. The van der Waals surface area contributed by atoms with Gasteiger partial charge in [-0.1, -0.05) is 43.3 Å². The Labute approximate surface area is 117 Å². The summed E-state index contributed by atoms with van der Waals surface area (Å²) < 4.78 is 0. The van der Waals surface area contributed by atoms with E-state index >= 15 is 0 Å². The van der Waals surface area contributed by atoms with E-state index in [0.717, 1.165) is 44.7 Å². The average molecular weight is 261 g/mol. The smallest absolute Gasteiger partial charge is 0.222 e.